The maximum Gasteiger partial charge on any atom is 0.335 e. The van der Waals surface area contributed by atoms with E-state index in [1.807, 2.05) is 0 Å². The van der Waals surface area contributed by atoms with E-state index in [1.165, 1.54) is 48.5 Å². The third kappa shape index (κ3) is 5.50. The van der Waals surface area contributed by atoms with Gasteiger partial charge >= 0.3 is 12.0 Å². The molecule has 3 aromatic carbocycles. The number of halogens is 2. The van der Waals surface area contributed by atoms with Crippen LogP contribution >= 0.6 is 11.6 Å². The van der Waals surface area contributed by atoms with Crippen LogP contribution in [-0.2, 0) is 16.2 Å². The number of barbiturate groups is 1. The van der Waals surface area contributed by atoms with Crippen LogP contribution in [0.15, 0.2) is 66.2 Å². The van der Waals surface area contributed by atoms with Crippen molar-refractivity contribution in [2.24, 2.45) is 0 Å². The first-order valence-corrected chi connectivity index (χ1v) is 11.6. The maximum absolute atomic E-state index is 14.0. The number of carbonyl (C=O) groups excluding carboxylic acids is 3. The van der Waals surface area contributed by atoms with Crippen LogP contribution in [0.5, 0.6) is 11.5 Å². The Morgan fingerprint density at radius 2 is 1.79 bits per heavy atom. The molecule has 0 spiro atoms. The Morgan fingerprint density at radius 1 is 1.08 bits per heavy atom. The highest BCUT2D eigenvalue weighted by Crippen LogP contribution is 2.38. The zero-order valence-electron chi connectivity index (χ0n) is 19.9. The first-order chi connectivity index (χ1) is 18.2. The van der Waals surface area contributed by atoms with Gasteiger partial charge in [0.25, 0.3) is 11.8 Å². The Hall–Kier alpha value is -4.70. The zero-order valence-corrected chi connectivity index (χ0v) is 20.6. The Balaban J connectivity index is 1.66. The van der Waals surface area contributed by atoms with E-state index < -0.39 is 29.6 Å². The SMILES string of the molecule is CCOc1cc(/C=C2\C(=O)NC(=O)N(c3ccc(C(=O)O)cc3)C2=O)cc(Cl)c1OCc1ccccc1F. The van der Waals surface area contributed by atoms with E-state index in [4.69, 9.17) is 26.2 Å². The minimum atomic E-state index is -1.18. The fourth-order valence-electron chi connectivity index (χ4n) is 3.65. The normalized spacial score (nSPS) is 14.4. The van der Waals surface area contributed by atoms with Gasteiger partial charge in [-0.15, -0.1) is 0 Å². The molecule has 0 aliphatic carbocycles. The molecule has 38 heavy (non-hydrogen) atoms. The first kappa shape index (κ1) is 26.4. The van der Waals surface area contributed by atoms with Gasteiger partial charge in [0, 0.05) is 5.56 Å². The summed E-state index contributed by atoms with van der Waals surface area (Å²) in [6.07, 6.45) is 1.23. The van der Waals surface area contributed by atoms with Crippen LogP contribution in [0.3, 0.4) is 0 Å². The molecule has 0 bridgehead atoms. The minimum absolute atomic E-state index is 0.0409. The fourth-order valence-corrected chi connectivity index (χ4v) is 3.93. The van der Waals surface area contributed by atoms with Gasteiger partial charge in [0.1, 0.15) is 18.0 Å². The summed E-state index contributed by atoms with van der Waals surface area (Å²) in [4.78, 5) is 50.0. The number of imide groups is 2. The number of rotatable bonds is 8. The average Bonchev–Trinajstić information content (AvgIpc) is 2.87. The molecule has 4 amide bonds. The molecule has 0 saturated carbocycles. The smallest absolute Gasteiger partial charge is 0.335 e. The summed E-state index contributed by atoms with van der Waals surface area (Å²) in [5.74, 6) is -3.12. The molecule has 4 rings (SSSR count). The second-order valence-corrected chi connectivity index (χ2v) is 8.36. The van der Waals surface area contributed by atoms with Gasteiger partial charge < -0.3 is 14.6 Å². The summed E-state index contributed by atoms with van der Waals surface area (Å²) in [5.41, 5.74) is 0.265. The van der Waals surface area contributed by atoms with Gasteiger partial charge in [0.05, 0.1) is 22.9 Å². The van der Waals surface area contributed by atoms with Gasteiger partial charge in [0.2, 0.25) is 0 Å². The van der Waals surface area contributed by atoms with Crippen LogP contribution in [0, 0.1) is 5.82 Å². The number of aromatic carboxylic acids is 1. The van der Waals surface area contributed by atoms with Crippen LogP contribution in [0.2, 0.25) is 5.02 Å². The van der Waals surface area contributed by atoms with E-state index in [0.29, 0.717) is 11.1 Å². The number of anilines is 1. The maximum atomic E-state index is 14.0. The van der Waals surface area contributed by atoms with Crippen molar-refractivity contribution < 1.29 is 38.1 Å². The summed E-state index contributed by atoms with van der Waals surface area (Å²) < 4.78 is 25.4. The van der Waals surface area contributed by atoms with Gasteiger partial charge in [-0.3, -0.25) is 14.9 Å². The van der Waals surface area contributed by atoms with E-state index in [-0.39, 0.29) is 46.6 Å². The van der Waals surface area contributed by atoms with E-state index in [1.54, 1.807) is 25.1 Å². The van der Waals surface area contributed by atoms with Gasteiger partial charge in [-0.2, -0.15) is 0 Å². The van der Waals surface area contributed by atoms with Crippen LogP contribution in [0.4, 0.5) is 14.9 Å². The molecule has 1 heterocycles. The molecular weight excluding hydrogens is 519 g/mol. The number of carboxylic acids is 1. The number of hydrogen-bond donors (Lipinski definition) is 2. The summed E-state index contributed by atoms with van der Waals surface area (Å²) in [6, 6.07) is 13.0. The summed E-state index contributed by atoms with van der Waals surface area (Å²) in [5, 5.41) is 11.3. The molecule has 0 atom stereocenters. The van der Waals surface area contributed by atoms with Crippen LogP contribution in [0.1, 0.15) is 28.4 Å². The third-order valence-corrected chi connectivity index (χ3v) is 5.73. The molecule has 1 fully saturated rings. The van der Waals surface area contributed by atoms with E-state index >= 15 is 0 Å². The van der Waals surface area contributed by atoms with Gasteiger partial charge in [-0.05, 0) is 61.0 Å². The molecule has 9 nitrogen and oxygen atoms in total. The number of carboxylic acid groups (broad SMARTS) is 1. The lowest BCUT2D eigenvalue weighted by Crippen LogP contribution is -2.54. The van der Waals surface area contributed by atoms with Crippen LogP contribution < -0.4 is 19.7 Å². The standard InChI is InChI=1S/C27H20ClFN2O7/c1-2-37-22-13-15(12-20(28)23(22)38-14-17-5-3-4-6-21(17)29)11-19-24(32)30-27(36)31(25(19)33)18-9-7-16(8-10-18)26(34)35/h3-13H,2,14H2,1H3,(H,34,35)(H,30,32,36)/b19-11+. The number of hydrogen-bond acceptors (Lipinski definition) is 6. The van der Waals surface area contributed by atoms with E-state index in [9.17, 15) is 23.6 Å². The molecule has 11 heteroatoms. The molecule has 1 saturated heterocycles. The van der Waals surface area contributed by atoms with Crippen molar-refractivity contribution in [2.45, 2.75) is 13.5 Å². The first-order valence-electron chi connectivity index (χ1n) is 11.3. The molecular formula is C27H20ClFN2O7. The lowest BCUT2D eigenvalue weighted by molar-refractivity contribution is -0.122. The summed E-state index contributed by atoms with van der Waals surface area (Å²) in [7, 11) is 0. The van der Waals surface area contributed by atoms with Gasteiger partial charge in [-0.1, -0.05) is 29.8 Å². The van der Waals surface area contributed by atoms with Crippen LogP contribution in [0.25, 0.3) is 6.08 Å². The van der Waals surface area contributed by atoms with E-state index in [2.05, 4.69) is 5.32 Å². The quantitative estimate of drug-likeness (QED) is 0.311. The average molecular weight is 539 g/mol. The predicted molar refractivity (Wildman–Crippen MR) is 136 cm³/mol. The van der Waals surface area contributed by atoms with Crippen molar-refractivity contribution in [1.82, 2.24) is 5.32 Å². The largest absolute Gasteiger partial charge is 0.490 e. The predicted octanol–water partition coefficient (Wildman–Crippen LogP) is 4.82. The fraction of sp³-hybridized carbons (Fsp3) is 0.111. The van der Waals surface area contributed by atoms with Gasteiger partial charge in [0.15, 0.2) is 11.5 Å². The minimum Gasteiger partial charge on any atom is -0.490 e. The second-order valence-electron chi connectivity index (χ2n) is 7.95. The second kappa shape index (κ2) is 11.1. The molecule has 3 aromatic rings. The third-order valence-electron chi connectivity index (χ3n) is 5.45. The van der Waals surface area contributed by atoms with Crippen molar-refractivity contribution in [1.29, 1.82) is 0 Å². The van der Waals surface area contributed by atoms with Crippen molar-refractivity contribution in [3.8, 4) is 11.5 Å². The molecule has 0 unspecified atom stereocenters. The highest BCUT2D eigenvalue weighted by molar-refractivity contribution is 6.39. The highest BCUT2D eigenvalue weighted by atomic mass is 35.5. The number of urea groups is 1. The number of amides is 4. The Morgan fingerprint density at radius 3 is 2.45 bits per heavy atom. The summed E-state index contributed by atoms with van der Waals surface area (Å²) >= 11 is 6.43. The lowest BCUT2D eigenvalue weighted by Gasteiger charge is -2.26. The molecule has 1 aliphatic rings. The van der Waals surface area contributed by atoms with Crippen molar-refractivity contribution in [3.63, 3.8) is 0 Å². The molecule has 194 valence electrons. The highest BCUT2D eigenvalue weighted by Gasteiger charge is 2.37. The Bertz CT molecular complexity index is 1470. The number of nitrogens with one attached hydrogen (secondary N) is 1. The Kier molecular flexibility index (Phi) is 7.73. The van der Waals surface area contributed by atoms with Crippen molar-refractivity contribution in [3.05, 3.63) is 93.8 Å². The number of nitrogens with zero attached hydrogens (tertiary/aromatic N) is 1. The lowest BCUT2D eigenvalue weighted by atomic mass is 10.1. The topological polar surface area (TPSA) is 122 Å². The van der Waals surface area contributed by atoms with Crippen molar-refractivity contribution in [2.75, 3.05) is 11.5 Å². The Labute approximate surface area is 221 Å². The summed E-state index contributed by atoms with van der Waals surface area (Å²) in [6.45, 7) is 1.85. The molecule has 1 aliphatic heterocycles. The number of benzene rings is 3. The van der Waals surface area contributed by atoms with E-state index in [0.717, 1.165) is 4.90 Å². The molecule has 0 radical (unpaired) electrons. The number of ether oxygens (including phenoxy) is 2. The van der Waals surface area contributed by atoms with Crippen LogP contribution in [-0.4, -0.2) is 35.5 Å². The molecule has 2 N–H and O–H groups in total. The number of carbonyl (C=O) groups is 4. The van der Waals surface area contributed by atoms with Gasteiger partial charge in [-0.25, -0.2) is 18.9 Å². The molecule has 0 aromatic heterocycles. The van der Waals surface area contributed by atoms with Crippen molar-refractivity contribution >= 4 is 47.2 Å². The monoisotopic (exact) mass is 538 g/mol. The zero-order chi connectivity index (χ0) is 27.4.